The number of imidazole rings is 1. The van der Waals surface area contributed by atoms with Crippen molar-refractivity contribution >= 4 is 11.0 Å². The molecule has 1 aliphatic rings. The van der Waals surface area contributed by atoms with Crippen LogP contribution < -0.4 is 0 Å². The maximum absolute atomic E-state index is 12.2. The molecule has 5 heteroatoms. The number of hydrogen-bond donors (Lipinski definition) is 1. The Labute approximate surface area is 302 Å². The van der Waals surface area contributed by atoms with Gasteiger partial charge in [-0.3, -0.25) is 9.55 Å². The molecule has 0 bridgehead atoms. The van der Waals surface area contributed by atoms with E-state index in [0.717, 1.165) is 74.2 Å². The number of pyridine rings is 1. The fourth-order valence-electron chi connectivity index (χ4n) is 7.41. The maximum atomic E-state index is 12.2. The van der Waals surface area contributed by atoms with Gasteiger partial charge in [-0.15, -0.1) is 23.8 Å². The second-order valence-corrected chi connectivity index (χ2v) is 14.2. The van der Waals surface area contributed by atoms with Crippen LogP contribution in [0, 0.1) is 6.07 Å². The zero-order valence-corrected chi connectivity index (χ0v) is 30.4. The summed E-state index contributed by atoms with van der Waals surface area (Å²) in [5.74, 6) is 1.04. The van der Waals surface area contributed by atoms with Gasteiger partial charge in [-0.05, 0) is 65.1 Å². The van der Waals surface area contributed by atoms with E-state index in [1.165, 1.54) is 5.56 Å². The third-order valence-electron chi connectivity index (χ3n) is 10.1. The van der Waals surface area contributed by atoms with Crippen molar-refractivity contribution in [1.29, 1.82) is 0 Å². The van der Waals surface area contributed by atoms with Crippen LogP contribution in [0.1, 0.15) is 51.7 Å². The Kier molecular flexibility index (Phi) is 8.41. The average molecular weight is 820 g/mol. The van der Waals surface area contributed by atoms with Gasteiger partial charge in [0.15, 0.2) is 0 Å². The zero-order valence-electron chi connectivity index (χ0n) is 28.1. The van der Waals surface area contributed by atoms with Gasteiger partial charge in [-0.2, -0.15) is 0 Å². The van der Waals surface area contributed by atoms with E-state index in [2.05, 4.69) is 122 Å². The summed E-state index contributed by atoms with van der Waals surface area (Å²) in [5.41, 5.74) is 11.5. The van der Waals surface area contributed by atoms with Crippen LogP contribution in [0.2, 0.25) is 0 Å². The van der Waals surface area contributed by atoms with Gasteiger partial charge in [0.1, 0.15) is 11.6 Å². The summed E-state index contributed by atoms with van der Waals surface area (Å²) in [6.45, 7) is 9.06. The van der Waals surface area contributed by atoms with Gasteiger partial charge >= 0.3 is 0 Å². The zero-order chi connectivity index (χ0) is 33.0. The Balaban J connectivity index is 0.00000378. The third kappa shape index (κ3) is 5.73. The van der Waals surface area contributed by atoms with Crippen molar-refractivity contribution in [3.63, 3.8) is 0 Å². The van der Waals surface area contributed by atoms with Crippen molar-refractivity contribution in [2.45, 2.75) is 51.4 Å². The van der Waals surface area contributed by atoms with E-state index in [1.54, 1.807) is 0 Å². The molecule has 0 aliphatic heterocycles. The van der Waals surface area contributed by atoms with Crippen LogP contribution in [0.5, 0.6) is 5.75 Å². The number of fused-ring (bicyclic) bond motifs is 2. The molecule has 4 nitrogen and oxygen atoms in total. The minimum atomic E-state index is -0.158. The predicted octanol–water partition coefficient (Wildman–Crippen LogP) is 10.9. The molecular weight excluding hydrogens is 782 g/mol. The SMILES string of the molecule is CC1(C)CCC(C)(C)c2c1ccc(-c1nc3c(-c4[c-]c(-c5ccccn5)cc(-c5ccccc5)c4)cccc3n1-c1ccccc1)c2O.[Pt]. The van der Waals surface area contributed by atoms with Gasteiger partial charge in [-0.1, -0.05) is 123 Å². The number of rotatable bonds is 5. The second kappa shape index (κ2) is 12.6. The molecule has 1 aliphatic carbocycles. The quantitative estimate of drug-likeness (QED) is 0.176. The Bertz CT molecular complexity index is 2230. The van der Waals surface area contributed by atoms with Crippen molar-refractivity contribution in [2.75, 3.05) is 0 Å². The van der Waals surface area contributed by atoms with E-state index in [1.807, 2.05) is 48.7 Å². The Morgan fingerprint density at radius 1 is 0.673 bits per heavy atom. The molecule has 7 aromatic rings. The first-order valence-electron chi connectivity index (χ1n) is 16.7. The largest absolute Gasteiger partial charge is 0.507 e. The van der Waals surface area contributed by atoms with E-state index in [4.69, 9.17) is 4.98 Å². The summed E-state index contributed by atoms with van der Waals surface area (Å²) in [5, 5.41) is 12.2. The van der Waals surface area contributed by atoms with Crippen molar-refractivity contribution < 1.29 is 26.2 Å². The molecule has 0 spiro atoms. The van der Waals surface area contributed by atoms with Crippen LogP contribution in [0.15, 0.2) is 128 Å². The summed E-state index contributed by atoms with van der Waals surface area (Å²) < 4.78 is 2.18. The van der Waals surface area contributed by atoms with E-state index in [9.17, 15) is 5.11 Å². The molecule has 8 rings (SSSR count). The van der Waals surface area contributed by atoms with E-state index >= 15 is 0 Å². The average Bonchev–Trinajstić information content (AvgIpc) is 3.50. The first-order valence-corrected chi connectivity index (χ1v) is 16.7. The molecule has 0 atom stereocenters. The Morgan fingerprint density at radius 2 is 1.37 bits per heavy atom. The van der Waals surface area contributed by atoms with Crippen LogP contribution in [0.4, 0.5) is 0 Å². The molecule has 2 heterocycles. The molecule has 2 aromatic heterocycles. The van der Waals surface area contributed by atoms with E-state index < -0.39 is 0 Å². The fourth-order valence-corrected chi connectivity index (χ4v) is 7.41. The fraction of sp³-hybridized carbons (Fsp3) is 0.182. The summed E-state index contributed by atoms with van der Waals surface area (Å²) in [6, 6.07) is 45.4. The first kappa shape index (κ1) is 32.7. The van der Waals surface area contributed by atoms with Gasteiger partial charge in [0.25, 0.3) is 0 Å². The van der Waals surface area contributed by atoms with Crippen LogP contribution in [0.3, 0.4) is 0 Å². The molecular formula is C44H38N3OPt-. The first-order chi connectivity index (χ1) is 23.2. The molecule has 0 unspecified atom stereocenters. The summed E-state index contributed by atoms with van der Waals surface area (Å²) >= 11 is 0. The van der Waals surface area contributed by atoms with Crippen molar-refractivity contribution in [3.8, 4) is 56.3 Å². The molecule has 0 fully saturated rings. The Hall–Kier alpha value is -4.79. The van der Waals surface area contributed by atoms with Gasteiger partial charge in [0, 0.05) is 44.2 Å². The topological polar surface area (TPSA) is 50.9 Å². The molecule has 0 saturated heterocycles. The summed E-state index contributed by atoms with van der Waals surface area (Å²) in [4.78, 5) is 10.1. The molecule has 49 heavy (non-hydrogen) atoms. The number of phenols is 1. The molecule has 5 aromatic carbocycles. The third-order valence-corrected chi connectivity index (χ3v) is 10.1. The normalized spacial score (nSPS) is 14.6. The number of benzene rings is 5. The molecule has 1 N–H and O–H groups in total. The number of aromatic nitrogens is 3. The predicted molar refractivity (Wildman–Crippen MR) is 196 cm³/mol. The van der Waals surface area contributed by atoms with Gasteiger partial charge in [-0.25, -0.2) is 4.98 Å². The van der Waals surface area contributed by atoms with Gasteiger partial charge in [0.05, 0.1) is 16.6 Å². The summed E-state index contributed by atoms with van der Waals surface area (Å²) in [7, 11) is 0. The minimum Gasteiger partial charge on any atom is -0.507 e. The number of nitrogens with zero attached hydrogens (tertiary/aromatic N) is 3. The monoisotopic (exact) mass is 819 g/mol. The van der Waals surface area contributed by atoms with Gasteiger partial charge < -0.3 is 5.11 Å². The van der Waals surface area contributed by atoms with E-state index in [0.29, 0.717) is 11.6 Å². The Morgan fingerprint density at radius 3 is 2.10 bits per heavy atom. The number of phenolic OH excluding ortho intramolecular Hbond substituents is 1. The van der Waals surface area contributed by atoms with E-state index in [-0.39, 0.29) is 31.9 Å². The molecule has 0 amide bonds. The number of para-hydroxylation sites is 2. The summed E-state index contributed by atoms with van der Waals surface area (Å²) in [6.07, 6.45) is 3.91. The standard InChI is InChI=1S/C44H38N3O.Pt/c1-43(2)23-24-44(3,4)39-36(43)22-21-35(41(39)48)42-46-40-34(18-13-20-38(40)47(42)33-16-9-6-10-17-33)31-26-30(29-14-7-5-8-15-29)27-32(28-31)37-19-11-12-25-45-37;/h5-22,25-27,48H,23-24H2,1-4H3;/q-1;. The molecule has 0 radical (unpaired) electrons. The van der Waals surface area contributed by atoms with Crippen LogP contribution >= 0.6 is 0 Å². The number of aromatic hydroxyl groups is 1. The maximum Gasteiger partial charge on any atom is 0.148 e. The molecule has 246 valence electrons. The van der Waals surface area contributed by atoms with Crippen molar-refractivity contribution in [1.82, 2.24) is 14.5 Å². The number of hydrogen-bond acceptors (Lipinski definition) is 3. The smallest absolute Gasteiger partial charge is 0.148 e. The van der Waals surface area contributed by atoms with Crippen molar-refractivity contribution in [3.05, 3.63) is 145 Å². The second-order valence-electron chi connectivity index (χ2n) is 14.2. The van der Waals surface area contributed by atoms with Gasteiger partial charge in [0.2, 0.25) is 0 Å². The van der Waals surface area contributed by atoms with Crippen LogP contribution in [0.25, 0.3) is 61.6 Å². The van der Waals surface area contributed by atoms with Crippen LogP contribution in [-0.2, 0) is 31.9 Å². The molecule has 0 saturated carbocycles. The van der Waals surface area contributed by atoms with Crippen LogP contribution in [-0.4, -0.2) is 19.6 Å². The minimum absolute atomic E-state index is 0. The van der Waals surface area contributed by atoms with Crippen molar-refractivity contribution in [2.24, 2.45) is 0 Å².